The molecule has 1 saturated carbocycles. The second-order valence-corrected chi connectivity index (χ2v) is 5.44. The fourth-order valence-corrected chi connectivity index (χ4v) is 2.72. The molecule has 3 rings (SSSR count). The van der Waals surface area contributed by atoms with E-state index in [9.17, 15) is 4.79 Å². The predicted octanol–water partition coefficient (Wildman–Crippen LogP) is 1.59. The Morgan fingerprint density at radius 2 is 2.17 bits per heavy atom. The summed E-state index contributed by atoms with van der Waals surface area (Å²) >= 11 is 0. The Balaban J connectivity index is 1.69. The van der Waals surface area contributed by atoms with Crippen molar-refractivity contribution in [2.75, 3.05) is 0 Å². The van der Waals surface area contributed by atoms with Gasteiger partial charge in [-0.3, -0.25) is 4.79 Å². The molecule has 0 spiro atoms. The average molecular weight is 248 g/mol. The van der Waals surface area contributed by atoms with Gasteiger partial charge in [0.1, 0.15) is 5.82 Å². The van der Waals surface area contributed by atoms with Crippen molar-refractivity contribution in [3.63, 3.8) is 0 Å². The van der Waals surface area contributed by atoms with E-state index in [1.807, 2.05) is 6.92 Å². The van der Waals surface area contributed by atoms with Crippen LogP contribution in [0.25, 0.3) is 0 Å². The molecule has 0 aromatic carbocycles. The standard InChI is InChI=1S/C13H20N4O/c1-9(14-13(18)10-5-4-6-10)12-16-15-11-7-2-3-8-17(11)12/h9-10H,2-8H2,1H3,(H,14,18). The van der Waals surface area contributed by atoms with Gasteiger partial charge in [-0.2, -0.15) is 0 Å². The Morgan fingerprint density at radius 1 is 1.33 bits per heavy atom. The van der Waals surface area contributed by atoms with Crippen LogP contribution in [-0.4, -0.2) is 20.7 Å². The van der Waals surface area contributed by atoms with Crippen LogP contribution in [0.1, 0.15) is 56.7 Å². The summed E-state index contributed by atoms with van der Waals surface area (Å²) in [5, 5.41) is 11.6. The summed E-state index contributed by atoms with van der Waals surface area (Å²) in [6, 6.07) is -0.0301. The van der Waals surface area contributed by atoms with Gasteiger partial charge in [-0.05, 0) is 32.6 Å². The molecule has 2 aliphatic rings. The van der Waals surface area contributed by atoms with Crippen molar-refractivity contribution in [2.24, 2.45) is 5.92 Å². The molecule has 18 heavy (non-hydrogen) atoms. The molecule has 1 aromatic heterocycles. The number of rotatable bonds is 3. The first-order valence-electron chi connectivity index (χ1n) is 6.98. The number of nitrogens with one attached hydrogen (secondary N) is 1. The number of nitrogens with zero attached hydrogens (tertiary/aromatic N) is 3. The van der Waals surface area contributed by atoms with Crippen LogP contribution >= 0.6 is 0 Å². The summed E-state index contributed by atoms with van der Waals surface area (Å²) in [6.45, 7) is 2.99. The Bertz CT molecular complexity index is 450. The van der Waals surface area contributed by atoms with Crippen LogP contribution < -0.4 is 5.32 Å². The van der Waals surface area contributed by atoms with E-state index in [4.69, 9.17) is 0 Å². The highest BCUT2D eigenvalue weighted by atomic mass is 16.2. The largest absolute Gasteiger partial charge is 0.346 e. The van der Waals surface area contributed by atoms with Crippen LogP contribution in [0.4, 0.5) is 0 Å². The maximum Gasteiger partial charge on any atom is 0.223 e. The molecule has 1 aliphatic heterocycles. The van der Waals surface area contributed by atoms with Gasteiger partial charge in [-0.1, -0.05) is 6.42 Å². The van der Waals surface area contributed by atoms with Gasteiger partial charge in [0.15, 0.2) is 5.82 Å². The van der Waals surface area contributed by atoms with E-state index in [1.54, 1.807) is 0 Å². The Hall–Kier alpha value is -1.39. The van der Waals surface area contributed by atoms with Gasteiger partial charge in [0.2, 0.25) is 5.91 Å². The fraction of sp³-hybridized carbons (Fsp3) is 0.769. The molecular weight excluding hydrogens is 228 g/mol. The Morgan fingerprint density at radius 3 is 2.89 bits per heavy atom. The van der Waals surface area contributed by atoms with Gasteiger partial charge in [0.25, 0.3) is 0 Å². The maximum atomic E-state index is 11.9. The number of amides is 1. The predicted molar refractivity (Wildman–Crippen MR) is 66.9 cm³/mol. The van der Waals surface area contributed by atoms with Crippen LogP contribution in [0.2, 0.25) is 0 Å². The zero-order valence-electron chi connectivity index (χ0n) is 10.9. The fourth-order valence-electron chi connectivity index (χ4n) is 2.72. The smallest absolute Gasteiger partial charge is 0.223 e. The molecule has 98 valence electrons. The molecule has 1 unspecified atom stereocenters. The lowest BCUT2D eigenvalue weighted by atomic mass is 9.84. The normalized spacial score (nSPS) is 20.9. The zero-order valence-corrected chi connectivity index (χ0v) is 10.9. The highest BCUT2D eigenvalue weighted by molar-refractivity contribution is 5.79. The number of aryl methyl sites for hydroxylation is 1. The average Bonchev–Trinajstić information content (AvgIpc) is 2.69. The number of hydrogen-bond acceptors (Lipinski definition) is 3. The molecule has 0 radical (unpaired) electrons. The monoisotopic (exact) mass is 248 g/mol. The van der Waals surface area contributed by atoms with E-state index in [-0.39, 0.29) is 17.9 Å². The summed E-state index contributed by atoms with van der Waals surface area (Å²) in [5.41, 5.74) is 0. The second-order valence-electron chi connectivity index (χ2n) is 5.44. The van der Waals surface area contributed by atoms with Crippen molar-refractivity contribution in [1.82, 2.24) is 20.1 Å². The molecule has 1 aliphatic carbocycles. The third-order valence-corrected chi connectivity index (χ3v) is 4.11. The maximum absolute atomic E-state index is 11.9. The van der Waals surface area contributed by atoms with Crippen LogP contribution in [-0.2, 0) is 17.8 Å². The molecule has 0 bridgehead atoms. The van der Waals surface area contributed by atoms with Crippen molar-refractivity contribution in [2.45, 2.75) is 58.0 Å². The first kappa shape index (κ1) is 11.7. The molecule has 1 aromatic rings. The van der Waals surface area contributed by atoms with E-state index in [2.05, 4.69) is 20.1 Å². The number of carbonyl (C=O) groups excluding carboxylic acids is 1. The third-order valence-electron chi connectivity index (χ3n) is 4.11. The number of carbonyl (C=O) groups is 1. The molecule has 5 heteroatoms. The number of fused-ring (bicyclic) bond motifs is 1. The SMILES string of the molecule is CC(NC(=O)C1CCC1)c1nnc2n1CCCC2. The van der Waals surface area contributed by atoms with E-state index >= 15 is 0 Å². The molecule has 1 N–H and O–H groups in total. The van der Waals surface area contributed by atoms with Crippen LogP contribution in [0.5, 0.6) is 0 Å². The van der Waals surface area contributed by atoms with Gasteiger partial charge in [-0.15, -0.1) is 10.2 Å². The quantitative estimate of drug-likeness (QED) is 0.883. The molecule has 0 saturated heterocycles. The summed E-state index contributed by atoms with van der Waals surface area (Å²) in [6.07, 6.45) is 6.65. The van der Waals surface area contributed by atoms with E-state index in [0.717, 1.165) is 37.5 Å². The second kappa shape index (κ2) is 4.71. The van der Waals surface area contributed by atoms with Crippen molar-refractivity contribution < 1.29 is 4.79 Å². The summed E-state index contributed by atoms with van der Waals surface area (Å²) in [4.78, 5) is 11.9. The van der Waals surface area contributed by atoms with Gasteiger partial charge >= 0.3 is 0 Å². The first-order chi connectivity index (χ1) is 8.75. The lowest BCUT2D eigenvalue weighted by Crippen LogP contribution is -2.37. The highest BCUT2D eigenvalue weighted by Crippen LogP contribution is 2.27. The van der Waals surface area contributed by atoms with Gasteiger partial charge in [0.05, 0.1) is 6.04 Å². The minimum Gasteiger partial charge on any atom is -0.346 e. The molecule has 2 heterocycles. The minimum atomic E-state index is -0.0301. The van der Waals surface area contributed by atoms with Crippen molar-refractivity contribution in [3.05, 3.63) is 11.6 Å². The molecule has 1 amide bonds. The topological polar surface area (TPSA) is 59.8 Å². The van der Waals surface area contributed by atoms with Crippen LogP contribution in [0.15, 0.2) is 0 Å². The number of aromatic nitrogens is 3. The summed E-state index contributed by atoms with van der Waals surface area (Å²) in [7, 11) is 0. The third kappa shape index (κ3) is 2.02. The lowest BCUT2D eigenvalue weighted by Gasteiger charge is -2.26. The van der Waals surface area contributed by atoms with Crippen LogP contribution in [0, 0.1) is 5.92 Å². The summed E-state index contributed by atoms with van der Waals surface area (Å²) in [5.74, 6) is 2.40. The first-order valence-corrected chi connectivity index (χ1v) is 6.98. The number of hydrogen-bond donors (Lipinski definition) is 1. The molecule has 1 atom stereocenters. The van der Waals surface area contributed by atoms with E-state index in [1.165, 1.54) is 19.3 Å². The van der Waals surface area contributed by atoms with Crippen LogP contribution in [0.3, 0.4) is 0 Å². The molecule has 5 nitrogen and oxygen atoms in total. The minimum absolute atomic E-state index is 0.0301. The van der Waals surface area contributed by atoms with Crippen molar-refractivity contribution >= 4 is 5.91 Å². The highest BCUT2D eigenvalue weighted by Gasteiger charge is 2.28. The van der Waals surface area contributed by atoms with E-state index < -0.39 is 0 Å². The van der Waals surface area contributed by atoms with Gasteiger partial charge in [0, 0.05) is 18.9 Å². The van der Waals surface area contributed by atoms with E-state index in [0.29, 0.717) is 0 Å². The molecule has 1 fully saturated rings. The summed E-state index contributed by atoms with van der Waals surface area (Å²) < 4.78 is 2.18. The Kier molecular flexibility index (Phi) is 3.06. The zero-order chi connectivity index (χ0) is 12.5. The lowest BCUT2D eigenvalue weighted by molar-refractivity contribution is -0.128. The molecular formula is C13H20N4O. The van der Waals surface area contributed by atoms with Gasteiger partial charge in [-0.25, -0.2) is 0 Å². The van der Waals surface area contributed by atoms with Gasteiger partial charge < -0.3 is 9.88 Å². The van der Waals surface area contributed by atoms with Crippen molar-refractivity contribution in [1.29, 1.82) is 0 Å². The Labute approximate surface area is 107 Å². The van der Waals surface area contributed by atoms with Crippen molar-refractivity contribution in [3.8, 4) is 0 Å².